The van der Waals surface area contributed by atoms with Gasteiger partial charge in [-0.15, -0.1) is 0 Å². The van der Waals surface area contributed by atoms with E-state index in [9.17, 15) is 4.79 Å². The molecule has 0 aliphatic carbocycles. The van der Waals surface area contributed by atoms with E-state index in [0.29, 0.717) is 12.8 Å². The lowest BCUT2D eigenvalue weighted by molar-refractivity contribution is -0.140. The number of benzene rings is 3. The van der Waals surface area contributed by atoms with Gasteiger partial charge in [0.05, 0.1) is 14.2 Å². The smallest absolute Gasteiger partial charge is 0.305 e. The van der Waals surface area contributed by atoms with E-state index in [-0.39, 0.29) is 5.97 Å². The van der Waals surface area contributed by atoms with E-state index in [0.717, 1.165) is 22.4 Å². The molecule has 0 saturated carbocycles. The highest BCUT2D eigenvalue weighted by Gasteiger charge is 2.09. The predicted molar refractivity (Wildman–Crippen MR) is 96.3 cm³/mol. The third-order valence-electron chi connectivity index (χ3n) is 4.17. The van der Waals surface area contributed by atoms with Gasteiger partial charge in [0, 0.05) is 12.0 Å². The van der Waals surface area contributed by atoms with Gasteiger partial charge in [0.15, 0.2) is 0 Å². The van der Waals surface area contributed by atoms with Gasteiger partial charge in [-0.2, -0.15) is 0 Å². The van der Waals surface area contributed by atoms with Gasteiger partial charge in [0.1, 0.15) is 5.75 Å². The van der Waals surface area contributed by atoms with Crippen molar-refractivity contribution in [2.45, 2.75) is 12.8 Å². The van der Waals surface area contributed by atoms with Crippen LogP contribution in [0, 0.1) is 0 Å². The molecule has 0 spiro atoms. The Balaban J connectivity index is 1.98. The summed E-state index contributed by atoms with van der Waals surface area (Å²) in [6, 6.07) is 20.7. The predicted octanol–water partition coefficient (Wildman–Crippen LogP) is 4.62. The summed E-state index contributed by atoms with van der Waals surface area (Å²) in [6.45, 7) is 0. The number of fused-ring (bicyclic) bond motifs is 1. The second kappa shape index (κ2) is 7.18. The summed E-state index contributed by atoms with van der Waals surface area (Å²) >= 11 is 0. The number of hydrogen-bond acceptors (Lipinski definition) is 3. The molecule has 0 N–H and O–H groups in total. The topological polar surface area (TPSA) is 35.5 Å². The molecule has 0 atom stereocenters. The minimum Gasteiger partial charge on any atom is -0.496 e. The summed E-state index contributed by atoms with van der Waals surface area (Å²) in [6.07, 6.45) is 1.03. The number of rotatable bonds is 5. The summed E-state index contributed by atoms with van der Waals surface area (Å²) in [5.74, 6) is 0.630. The Labute approximate surface area is 141 Å². The SMILES string of the molecule is COC(=O)CCc1ccc(OC)c(-c2ccc3ccccc3c2)c1. The molecule has 3 aromatic carbocycles. The second-order valence-corrected chi connectivity index (χ2v) is 5.67. The quantitative estimate of drug-likeness (QED) is 0.643. The monoisotopic (exact) mass is 320 g/mol. The van der Waals surface area contributed by atoms with Crippen molar-refractivity contribution in [3.8, 4) is 16.9 Å². The molecule has 0 aliphatic rings. The molecule has 0 saturated heterocycles. The number of hydrogen-bond donors (Lipinski definition) is 0. The number of ether oxygens (including phenoxy) is 2. The van der Waals surface area contributed by atoms with Crippen molar-refractivity contribution in [1.82, 2.24) is 0 Å². The fourth-order valence-corrected chi connectivity index (χ4v) is 2.84. The van der Waals surface area contributed by atoms with E-state index in [1.807, 2.05) is 24.3 Å². The van der Waals surface area contributed by atoms with Crippen LogP contribution in [0.5, 0.6) is 5.75 Å². The first-order valence-corrected chi connectivity index (χ1v) is 7.94. The van der Waals surface area contributed by atoms with Crippen molar-refractivity contribution in [3.63, 3.8) is 0 Å². The van der Waals surface area contributed by atoms with Crippen molar-refractivity contribution in [2.75, 3.05) is 14.2 Å². The molecule has 0 aromatic heterocycles. The van der Waals surface area contributed by atoms with E-state index < -0.39 is 0 Å². The van der Waals surface area contributed by atoms with E-state index in [4.69, 9.17) is 9.47 Å². The molecule has 0 amide bonds. The van der Waals surface area contributed by atoms with Crippen molar-refractivity contribution >= 4 is 16.7 Å². The molecule has 0 fully saturated rings. The Kier molecular flexibility index (Phi) is 4.80. The molecule has 3 heteroatoms. The lowest BCUT2D eigenvalue weighted by Crippen LogP contribution is -2.02. The number of aryl methyl sites for hydroxylation is 1. The fourth-order valence-electron chi connectivity index (χ4n) is 2.84. The molecular formula is C21H20O3. The Morgan fingerprint density at radius 2 is 1.71 bits per heavy atom. The number of methoxy groups -OCH3 is 2. The molecular weight excluding hydrogens is 300 g/mol. The first-order valence-electron chi connectivity index (χ1n) is 7.94. The van der Waals surface area contributed by atoms with Gasteiger partial charge in [0.2, 0.25) is 0 Å². The molecule has 24 heavy (non-hydrogen) atoms. The van der Waals surface area contributed by atoms with E-state index in [2.05, 4.69) is 36.4 Å². The fraction of sp³-hybridized carbons (Fsp3) is 0.190. The molecule has 3 aromatic rings. The lowest BCUT2D eigenvalue weighted by Gasteiger charge is -2.12. The van der Waals surface area contributed by atoms with Crippen molar-refractivity contribution in [1.29, 1.82) is 0 Å². The van der Waals surface area contributed by atoms with E-state index in [1.165, 1.54) is 17.9 Å². The number of esters is 1. The average Bonchev–Trinajstić information content (AvgIpc) is 2.65. The summed E-state index contributed by atoms with van der Waals surface area (Å²) in [4.78, 5) is 11.4. The van der Waals surface area contributed by atoms with Crippen LogP contribution in [-0.2, 0) is 16.0 Å². The molecule has 122 valence electrons. The van der Waals surface area contributed by atoms with Gasteiger partial charge >= 0.3 is 5.97 Å². The second-order valence-electron chi connectivity index (χ2n) is 5.67. The van der Waals surface area contributed by atoms with Gasteiger partial charge in [-0.3, -0.25) is 4.79 Å². The molecule has 0 radical (unpaired) electrons. The van der Waals surface area contributed by atoms with Gasteiger partial charge in [-0.1, -0.05) is 42.5 Å². The minimum atomic E-state index is -0.196. The Morgan fingerprint density at radius 3 is 2.46 bits per heavy atom. The van der Waals surface area contributed by atoms with Crippen molar-refractivity contribution < 1.29 is 14.3 Å². The highest BCUT2D eigenvalue weighted by atomic mass is 16.5. The maximum atomic E-state index is 11.4. The summed E-state index contributed by atoms with van der Waals surface area (Å²) in [7, 11) is 3.09. The zero-order chi connectivity index (χ0) is 16.9. The Bertz CT molecular complexity index is 868. The molecule has 3 nitrogen and oxygen atoms in total. The van der Waals surface area contributed by atoms with Crippen LogP contribution in [0.3, 0.4) is 0 Å². The molecule has 0 aliphatic heterocycles. The average molecular weight is 320 g/mol. The van der Waals surface area contributed by atoms with E-state index >= 15 is 0 Å². The minimum absolute atomic E-state index is 0.196. The third-order valence-corrected chi connectivity index (χ3v) is 4.17. The molecule has 3 rings (SSSR count). The van der Waals surface area contributed by atoms with E-state index in [1.54, 1.807) is 7.11 Å². The van der Waals surface area contributed by atoms with Gasteiger partial charge in [-0.05, 0) is 46.5 Å². The van der Waals surface area contributed by atoms with Crippen LogP contribution in [0.1, 0.15) is 12.0 Å². The maximum absolute atomic E-state index is 11.4. The summed E-state index contributed by atoms with van der Waals surface area (Å²) in [5.41, 5.74) is 3.22. The molecule has 0 unspecified atom stereocenters. The van der Waals surface area contributed by atoms with Crippen LogP contribution in [0.4, 0.5) is 0 Å². The van der Waals surface area contributed by atoms with Gasteiger partial charge < -0.3 is 9.47 Å². The lowest BCUT2D eigenvalue weighted by atomic mass is 9.97. The third kappa shape index (κ3) is 3.40. The zero-order valence-electron chi connectivity index (χ0n) is 13.9. The van der Waals surface area contributed by atoms with Gasteiger partial charge in [0.25, 0.3) is 0 Å². The first kappa shape index (κ1) is 16.1. The number of carbonyl (C=O) groups is 1. The number of carbonyl (C=O) groups excluding carboxylic acids is 1. The standard InChI is InChI=1S/C21H20O3/c1-23-20-11-7-15(8-12-21(22)24-2)13-19(20)18-10-9-16-5-3-4-6-17(16)14-18/h3-7,9-11,13-14H,8,12H2,1-2H3. The van der Waals surface area contributed by atoms with Crippen LogP contribution in [0.15, 0.2) is 60.7 Å². The van der Waals surface area contributed by atoms with Crippen LogP contribution in [0.2, 0.25) is 0 Å². The van der Waals surface area contributed by atoms with Crippen LogP contribution in [0.25, 0.3) is 21.9 Å². The molecule has 0 bridgehead atoms. The maximum Gasteiger partial charge on any atom is 0.305 e. The largest absolute Gasteiger partial charge is 0.496 e. The highest BCUT2D eigenvalue weighted by molar-refractivity contribution is 5.88. The van der Waals surface area contributed by atoms with Crippen molar-refractivity contribution in [3.05, 3.63) is 66.2 Å². The van der Waals surface area contributed by atoms with Crippen molar-refractivity contribution in [2.24, 2.45) is 0 Å². The summed E-state index contributed by atoms with van der Waals surface area (Å²) in [5, 5.41) is 2.40. The zero-order valence-corrected chi connectivity index (χ0v) is 13.9. The van der Waals surface area contributed by atoms with Crippen LogP contribution >= 0.6 is 0 Å². The highest BCUT2D eigenvalue weighted by Crippen LogP contribution is 2.33. The van der Waals surface area contributed by atoms with Gasteiger partial charge in [-0.25, -0.2) is 0 Å². The Hall–Kier alpha value is -2.81. The van der Waals surface area contributed by atoms with Crippen LogP contribution < -0.4 is 4.74 Å². The normalized spacial score (nSPS) is 10.6. The summed E-state index contributed by atoms with van der Waals surface area (Å²) < 4.78 is 10.2. The molecule has 0 heterocycles. The first-order chi connectivity index (χ1) is 11.7. The Morgan fingerprint density at radius 1 is 0.917 bits per heavy atom. The van der Waals surface area contributed by atoms with Crippen LogP contribution in [-0.4, -0.2) is 20.2 Å².